The predicted molar refractivity (Wildman–Crippen MR) is 74.8 cm³/mol. The number of anilines is 1. The van der Waals surface area contributed by atoms with E-state index in [1.807, 2.05) is 13.1 Å². The van der Waals surface area contributed by atoms with E-state index < -0.39 is 0 Å². The Kier molecular flexibility index (Phi) is 3.56. The third-order valence-corrected chi connectivity index (χ3v) is 4.02. The zero-order valence-electron chi connectivity index (χ0n) is 12.0. The fourth-order valence-electron chi connectivity index (χ4n) is 2.79. The first-order chi connectivity index (χ1) is 9.63. The summed E-state index contributed by atoms with van der Waals surface area (Å²) in [6, 6.07) is 0. The van der Waals surface area contributed by atoms with Gasteiger partial charge in [-0.2, -0.15) is 0 Å². The summed E-state index contributed by atoms with van der Waals surface area (Å²) >= 11 is 0. The van der Waals surface area contributed by atoms with E-state index in [1.165, 1.54) is 0 Å². The fourth-order valence-corrected chi connectivity index (χ4v) is 2.79. The topological polar surface area (TPSA) is 58.6 Å². The van der Waals surface area contributed by atoms with E-state index in [9.17, 15) is 4.79 Å². The molecule has 0 saturated carbocycles. The lowest BCUT2D eigenvalue weighted by Gasteiger charge is -2.28. The number of likely N-dealkylation sites (tertiary alicyclic amines) is 1. The molecule has 0 N–H and O–H groups in total. The second kappa shape index (κ2) is 5.36. The van der Waals surface area contributed by atoms with E-state index >= 15 is 0 Å². The Balaban J connectivity index is 1.78. The van der Waals surface area contributed by atoms with Gasteiger partial charge in [-0.3, -0.25) is 9.88 Å². The number of cyclic esters (lactones) is 1. The molecule has 1 aromatic rings. The molecule has 0 unspecified atom stereocenters. The van der Waals surface area contributed by atoms with Gasteiger partial charge in [0.1, 0.15) is 6.10 Å². The Morgan fingerprint density at radius 3 is 2.70 bits per heavy atom. The Labute approximate surface area is 118 Å². The molecule has 20 heavy (non-hydrogen) atoms. The van der Waals surface area contributed by atoms with Crippen LogP contribution in [-0.2, 0) is 4.74 Å². The summed E-state index contributed by atoms with van der Waals surface area (Å²) in [4.78, 5) is 24.5. The van der Waals surface area contributed by atoms with Gasteiger partial charge >= 0.3 is 6.09 Å². The minimum atomic E-state index is -0.327. The number of aromatic nitrogens is 2. The first kappa shape index (κ1) is 13.3. The second-order valence-electron chi connectivity index (χ2n) is 5.68. The third-order valence-electron chi connectivity index (χ3n) is 4.02. The molecule has 2 aliphatic heterocycles. The van der Waals surface area contributed by atoms with Gasteiger partial charge in [0.25, 0.3) is 0 Å². The predicted octanol–water partition coefficient (Wildman–Crippen LogP) is 1.63. The summed E-state index contributed by atoms with van der Waals surface area (Å²) in [6.07, 6.45) is 5.23. The average molecular weight is 276 g/mol. The molecule has 1 amide bonds. The highest BCUT2D eigenvalue weighted by atomic mass is 16.6. The number of hydrogen-bond acceptors (Lipinski definition) is 5. The van der Waals surface area contributed by atoms with E-state index in [0.29, 0.717) is 18.3 Å². The fraction of sp³-hybridized carbons (Fsp3) is 0.643. The summed E-state index contributed by atoms with van der Waals surface area (Å²) in [7, 11) is 2.14. The van der Waals surface area contributed by atoms with E-state index in [0.717, 1.165) is 31.6 Å². The van der Waals surface area contributed by atoms with Crippen LogP contribution in [0.1, 0.15) is 31.4 Å². The number of carbonyl (C=O) groups excluding carboxylic acids is 1. The Hall–Kier alpha value is -1.69. The molecule has 2 fully saturated rings. The van der Waals surface area contributed by atoms with Crippen molar-refractivity contribution in [1.82, 2.24) is 14.9 Å². The van der Waals surface area contributed by atoms with Crippen molar-refractivity contribution >= 4 is 11.9 Å². The Morgan fingerprint density at radius 1 is 1.30 bits per heavy atom. The first-order valence-electron chi connectivity index (χ1n) is 7.12. The highest BCUT2D eigenvalue weighted by molar-refractivity contribution is 5.88. The summed E-state index contributed by atoms with van der Waals surface area (Å²) in [5, 5.41) is 0. The normalized spacial score (nSPS) is 25.0. The molecule has 0 radical (unpaired) electrons. The molecule has 0 aliphatic carbocycles. The number of piperidine rings is 1. The Bertz CT molecular complexity index is 500. The van der Waals surface area contributed by atoms with E-state index in [2.05, 4.69) is 21.9 Å². The highest BCUT2D eigenvalue weighted by Crippen LogP contribution is 2.27. The van der Waals surface area contributed by atoms with Crippen LogP contribution in [0.25, 0.3) is 0 Å². The van der Waals surface area contributed by atoms with Crippen LogP contribution in [0.3, 0.4) is 0 Å². The minimum absolute atomic E-state index is 0.0868. The van der Waals surface area contributed by atoms with Crippen LogP contribution in [0.2, 0.25) is 0 Å². The van der Waals surface area contributed by atoms with Crippen LogP contribution in [0.5, 0.6) is 0 Å². The largest absolute Gasteiger partial charge is 0.444 e. The molecular formula is C14H20N4O2. The van der Waals surface area contributed by atoms with E-state index in [-0.39, 0.29) is 12.2 Å². The summed E-state index contributed by atoms with van der Waals surface area (Å²) < 4.78 is 5.14. The van der Waals surface area contributed by atoms with Crippen molar-refractivity contribution in [2.24, 2.45) is 0 Å². The molecular weight excluding hydrogens is 256 g/mol. The monoisotopic (exact) mass is 276 g/mol. The highest BCUT2D eigenvalue weighted by Gasteiger charge is 2.31. The lowest BCUT2D eigenvalue weighted by molar-refractivity contribution is 0.150. The number of carbonyl (C=O) groups is 1. The molecule has 1 atom stereocenters. The zero-order valence-corrected chi connectivity index (χ0v) is 12.0. The maximum Gasteiger partial charge on any atom is 0.415 e. The molecule has 6 nitrogen and oxygen atoms in total. The molecule has 0 aromatic carbocycles. The van der Waals surface area contributed by atoms with E-state index in [4.69, 9.17) is 4.74 Å². The van der Waals surface area contributed by atoms with Crippen molar-refractivity contribution in [1.29, 1.82) is 0 Å². The summed E-state index contributed by atoms with van der Waals surface area (Å²) in [5.41, 5.74) is 0.989. The van der Waals surface area contributed by atoms with Gasteiger partial charge in [-0.15, -0.1) is 0 Å². The van der Waals surface area contributed by atoms with Gasteiger partial charge in [0.05, 0.1) is 18.4 Å². The molecule has 3 rings (SSSR count). The molecule has 6 heteroatoms. The summed E-state index contributed by atoms with van der Waals surface area (Å²) in [6.45, 7) is 4.59. The SMILES string of the molecule is C[C@H]1CN(c2cncc(C3CCN(C)CC3)n2)C(=O)O1. The maximum absolute atomic E-state index is 11.7. The molecule has 3 heterocycles. The summed E-state index contributed by atoms with van der Waals surface area (Å²) in [5.74, 6) is 1.05. The number of rotatable bonds is 2. The molecule has 2 saturated heterocycles. The molecule has 1 aromatic heterocycles. The van der Waals surface area contributed by atoms with Crippen LogP contribution in [-0.4, -0.2) is 53.7 Å². The van der Waals surface area contributed by atoms with Gasteiger partial charge in [-0.1, -0.05) is 0 Å². The second-order valence-corrected chi connectivity index (χ2v) is 5.68. The van der Waals surface area contributed by atoms with Crippen molar-refractivity contribution in [2.45, 2.75) is 31.8 Å². The number of hydrogen-bond donors (Lipinski definition) is 0. The molecule has 2 aliphatic rings. The van der Waals surface area contributed by atoms with Crippen LogP contribution in [0, 0.1) is 0 Å². The zero-order chi connectivity index (χ0) is 14.1. The molecule has 0 spiro atoms. The van der Waals surface area contributed by atoms with Gasteiger partial charge in [0.2, 0.25) is 0 Å². The standard InChI is InChI=1S/C14H20N4O2/c1-10-9-18(14(19)20-10)13-8-15-7-12(16-13)11-3-5-17(2)6-4-11/h7-8,10-11H,3-6,9H2,1-2H3/t10-/m0/s1. The smallest absolute Gasteiger partial charge is 0.415 e. The van der Waals surface area contributed by atoms with Gasteiger partial charge < -0.3 is 9.64 Å². The van der Waals surface area contributed by atoms with Gasteiger partial charge in [0.15, 0.2) is 5.82 Å². The lowest BCUT2D eigenvalue weighted by Crippen LogP contribution is -2.30. The van der Waals surface area contributed by atoms with Crippen molar-refractivity contribution in [3.63, 3.8) is 0 Å². The number of amides is 1. The van der Waals surface area contributed by atoms with Gasteiger partial charge in [-0.25, -0.2) is 9.78 Å². The third kappa shape index (κ3) is 2.60. The van der Waals surface area contributed by atoms with E-state index in [1.54, 1.807) is 11.1 Å². The van der Waals surface area contributed by atoms with Crippen molar-refractivity contribution in [2.75, 3.05) is 31.6 Å². The number of ether oxygens (including phenoxy) is 1. The molecule has 108 valence electrons. The van der Waals surface area contributed by atoms with Crippen LogP contribution in [0.15, 0.2) is 12.4 Å². The average Bonchev–Trinajstić information content (AvgIpc) is 2.79. The van der Waals surface area contributed by atoms with Crippen LogP contribution < -0.4 is 4.90 Å². The first-order valence-corrected chi connectivity index (χ1v) is 7.12. The Morgan fingerprint density at radius 2 is 2.05 bits per heavy atom. The maximum atomic E-state index is 11.7. The number of nitrogens with zero attached hydrogens (tertiary/aromatic N) is 4. The minimum Gasteiger partial charge on any atom is -0.444 e. The van der Waals surface area contributed by atoms with Crippen LogP contribution in [0.4, 0.5) is 10.6 Å². The van der Waals surface area contributed by atoms with Crippen molar-refractivity contribution in [3.8, 4) is 0 Å². The lowest BCUT2D eigenvalue weighted by atomic mass is 9.94. The van der Waals surface area contributed by atoms with Gasteiger partial charge in [-0.05, 0) is 39.9 Å². The van der Waals surface area contributed by atoms with Crippen molar-refractivity contribution < 1.29 is 9.53 Å². The van der Waals surface area contributed by atoms with Gasteiger partial charge in [0, 0.05) is 12.1 Å². The van der Waals surface area contributed by atoms with Crippen LogP contribution >= 0.6 is 0 Å². The van der Waals surface area contributed by atoms with Crippen molar-refractivity contribution in [3.05, 3.63) is 18.1 Å². The quantitative estimate of drug-likeness (QED) is 0.821. The molecule has 0 bridgehead atoms.